The van der Waals surface area contributed by atoms with Gasteiger partial charge >= 0.3 is 0 Å². The summed E-state index contributed by atoms with van der Waals surface area (Å²) in [6, 6.07) is 6.72. The number of morpholine rings is 1. The van der Waals surface area contributed by atoms with E-state index in [1.54, 1.807) is 12.1 Å². The number of nitrogens with one attached hydrogen (secondary N) is 2. The molecule has 5 nitrogen and oxygen atoms in total. The van der Waals surface area contributed by atoms with Crippen LogP contribution in [-0.2, 0) is 9.53 Å². The molecular formula is C20H30Cl2FN3O2. The monoisotopic (exact) mass is 433 g/mol. The molecule has 8 heteroatoms. The number of hydrogen-bond acceptors (Lipinski definition) is 4. The van der Waals surface area contributed by atoms with Crippen molar-refractivity contribution in [1.29, 1.82) is 0 Å². The molecule has 2 saturated heterocycles. The SMILES string of the molecule is Cl.Cl.O=C(NCC(c1cccc(F)c1)N1CCOCC1)C1CC12CCNCC2. The third kappa shape index (κ3) is 5.16. The van der Waals surface area contributed by atoms with Crippen molar-refractivity contribution in [2.24, 2.45) is 11.3 Å². The van der Waals surface area contributed by atoms with Gasteiger partial charge in [-0.05, 0) is 55.5 Å². The molecule has 2 unspecified atom stereocenters. The molecule has 3 aliphatic rings. The number of rotatable bonds is 5. The van der Waals surface area contributed by atoms with Crippen LogP contribution in [0.25, 0.3) is 0 Å². The van der Waals surface area contributed by atoms with Crippen LogP contribution in [0.1, 0.15) is 30.9 Å². The summed E-state index contributed by atoms with van der Waals surface area (Å²) in [6.45, 7) is 5.52. The third-order valence-electron chi connectivity index (χ3n) is 6.30. The molecule has 2 atom stereocenters. The van der Waals surface area contributed by atoms with Gasteiger partial charge in [-0.1, -0.05) is 12.1 Å². The van der Waals surface area contributed by atoms with E-state index >= 15 is 0 Å². The highest BCUT2D eigenvalue weighted by Gasteiger charge is 2.57. The highest BCUT2D eigenvalue weighted by molar-refractivity contribution is 5.85. The molecule has 2 heterocycles. The number of amides is 1. The Labute approximate surface area is 178 Å². The normalized spacial score (nSPS) is 24.5. The zero-order valence-electron chi connectivity index (χ0n) is 16.0. The number of halogens is 3. The van der Waals surface area contributed by atoms with Crippen molar-refractivity contribution in [3.63, 3.8) is 0 Å². The summed E-state index contributed by atoms with van der Waals surface area (Å²) in [5.41, 5.74) is 1.16. The van der Waals surface area contributed by atoms with E-state index in [9.17, 15) is 9.18 Å². The van der Waals surface area contributed by atoms with E-state index < -0.39 is 0 Å². The van der Waals surface area contributed by atoms with Crippen molar-refractivity contribution in [3.8, 4) is 0 Å². The minimum absolute atomic E-state index is 0. The van der Waals surface area contributed by atoms with Gasteiger partial charge < -0.3 is 15.4 Å². The predicted molar refractivity (Wildman–Crippen MR) is 112 cm³/mol. The number of benzene rings is 1. The summed E-state index contributed by atoms with van der Waals surface area (Å²) in [5, 5.41) is 6.54. The molecule has 2 N–H and O–H groups in total. The lowest BCUT2D eigenvalue weighted by Crippen LogP contribution is -2.44. The Kier molecular flexibility index (Phi) is 8.52. The van der Waals surface area contributed by atoms with Gasteiger partial charge in [0.1, 0.15) is 5.82 Å². The van der Waals surface area contributed by atoms with Crippen molar-refractivity contribution in [3.05, 3.63) is 35.6 Å². The smallest absolute Gasteiger partial charge is 0.223 e. The number of hydrogen-bond donors (Lipinski definition) is 2. The number of carbonyl (C=O) groups is 1. The summed E-state index contributed by atoms with van der Waals surface area (Å²) >= 11 is 0. The minimum Gasteiger partial charge on any atom is -0.379 e. The van der Waals surface area contributed by atoms with Gasteiger partial charge in [0.25, 0.3) is 0 Å². The lowest BCUT2D eigenvalue weighted by molar-refractivity contribution is -0.123. The molecule has 0 aromatic heterocycles. The molecule has 4 rings (SSSR count). The Morgan fingerprint density at radius 3 is 2.68 bits per heavy atom. The molecule has 1 aliphatic carbocycles. The van der Waals surface area contributed by atoms with E-state index in [4.69, 9.17) is 4.74 Å². The minimum atomic E-state index is -0.233. The van der Waals surface area contributed by atoms with Crippen LogP contribution in [0.3, 0.4) is 0 Å². The highest BCUT2D eigenvalue weighted by Crippen LogP contribution is 2.58. The Morgan fingerprint density at radius 1 is 1.29 bits per heavy atom. The van der Waals surface area contributed by atoms with Crippen LogP contribution in [0.5, 0.6) is 0 Å². The molecule has 1 aromatic carbocycles. The molecule has 1 saturated carbocycles. The van der Waals surface area contributed by atoms with Crippen molar-refractivity contribution < 1.29 is 13.9 Å². The lowest BCUT2D eigenvalue weighted by Gasteiger charge is -2.35. The van der Waals surface area contributed by atoms with Crippen molar-refractivity contribution in [2.45, 2.75) is 25.3 Å². The van der Waals surface area contributed by atoms with E-state index in [0.717, 1.165) is 51.0 Å². The van der Waals surface area contributed by atoms with E-state index in [1.165, 1.54) is 6.07 Å². The molecule has 1 spiro atoms. The Bertz CT molecular complexity index is 652. The molecule has 1 aromatic rings. The molecule has 28 heavy (non-hydrogen) atoms. The molecule has 2 aliphatic heterocycles. The van der Waals surface area contributed by atoms with Gasteiger partial charge in [0.05, 0.1) is 19.3 Å². The fraction of sp³-hybridized carbons (Fsp3) is 0.650. The van der Waals surface area contributed by atoms with Gasteiger partial charge in [-0.2, -0.15) is 0 Å². The molecule has 158 valence electrons. The fourth-order valence-corrected chi connectivity index (χ4v) is 4.58. The fourth-order valence-electron chi connectivity index (χ4n) is 4.58. The summed E-state index contributed by atoms with van der Waals surface area (Å²) in [4.78, 5) is 15.0. The van der Waals surface area contributed by atoms with Crippen molar-refractivity contribution >= 4 is 30.7 Å². The molecule has 0 radical (unpaired) electrons. The second kappa shape index (κ2) is 10.2. The first-order chi connectivity index (χ1) is 12.7. The standard InChI is InChI=1S/C20H28FN3O2.2ClH/c21-16-3-1-2-15(12-16)18(24-8-10-26-11-9-24)14-23-19(25)17-13-20(17)4-6-22-7-5-20;;/h1-3,12,17-18,22H,4-11,13-14H2,(H,23,25);2*1H. The second-order valence-corrected chi connectivity index (χ2v) is 7.83. The van der Waals surface area contributed by atoms with Crippen LogP contribution in [0.15, 0.2) is 24.3 Å². The van der Waals surface area contributed by atoms with Crippen LogP contribution >= 0.6 is 24.8 Å². The zero-order chi connectivity index (χ0) is 18.0. The Morgan fingerprint density at radius 2 is 2.00 bits per heavy atom. The Balaban J connectivity index is 0.00000140. The lowest BCUT2D eigenvalue weighted by atomic mass is 9.91. The topological polar surface area (TPSA) is 53.6 Å². The first-order valence-electron chi connectivity index (χ1n) is 9.74. The average molecular weight is 434 g/mol. The van der Waals surface area contributed by atoms with Gasteiger partial charge in [0.2, 0.25) is 5.91 Å². The van der Waals surface area contributed by atoms with Crippen molar-refractivity contribution in [2.75, 3.05) is 45.9 Å². The molecule has 0 bridgehead atoms. The zero-order valence-corrected chi connectivity index (χ0v) is 17.6. The van der Waals surface area contributed by atoms with Crippen LogP contribution in [-0.4, -0.2) is 56.7 Å². The van der Waals surface area contributed by atoms with E-state index in [-0.39, 0.29) is 53.9 Å². The van der Waals surface area contributed by atoms with Crippen LogP contribution < -0.4 is 10.6 Å². The van der Waals surface area contributed by atoms with E-state index in [0.29, 0.717) is 19.8 Å². The number of nitrogens with zero attached hydrogens (tertiary/aromatic N) is 1. The first-order valence-corrected chi connectivity index (χ1v) is 9.74. The summed E-state index contributed by atoms with van der Waals surface area (Å²) in [7, 11) is 0. The second-order valence-electron chi connectivity index (χ2n) is 7.83. The summed E-state index contributed by atoms with van der Waals surface area (Å²) in [5.74, 6) is 0.0898. The molecular weight excluding hydrogens is 404 g/mol. The number of ether oxygens (including phenoxy) is 1. The highest BCUT2D eigenvalue weighted by atomic mass is 35.5. The largest absolute Gasteiger partial charge is 0.379 e. The van der Waals surface area contributed by atoms with Gasteiger partial charge in [0.15, 0.2) is 0 Å². The first kappa shape index (κ1) is 23.4. The van der Waals surface area contributed by atoms with Crippen LogP contribution in [0.4, 0.5) is 4.39 Å². The van der Waals surface area contributed by atoms with Gasteiger partial charge in [-0.15, -0.1) is 24.8 Å². The number of piperidine rings is 1. The maximum atomic E-state index is 13.7. The molecule has 1 amide bonds. The van der Waals surface area contributed by atoms with Gasteiger partial charge in [0, 0.05) is 25.6 Å². The van der Waals surface area contributed by atoms with Crippen molar-refractivity contribution in [1.82, 2.24) is 15.5 Å². The van der Waals surface area contributed by atoms with Gasteiger partial charge in [-0.3, -0.25) is 9.69 Å². The van der Waals surface area contributed by atoms with E-state index in [2.05, 4.69) is 15.5 Å². The summed E-state index contributed by atoms with van der Waals surface area (Å²) in [6.07, 6.45) is 3.21. The quantitative estimate of drug-likeness (QED) is 0.748. The number of carbonyl (C=O) groups excluding carboxylic acids is 1. The van der Waals surface area contributed by atoms with Crippen LogP contribution in [0, 0.1) is 17.2 Å². The maximum absolute atomic E-state index is 13.7. The predicted octanol–water partition coefficient (Wildman–Crippen LogP) is 2.55. The average Bonchev–Trinajstić information content (AvgIpc) is 3.36. The van der Waals surface area contributed by atoms with Gasteiger partial charge in [-0.25, -0.2) is 4.39 Å². The van der Waals surface area contributed by atoms with Crippen LogP contribution in [0.2, 0.25) is 0 Å². The Hall–Kier alpha value is -0.920. The van der Waals surface area contributed by atoms with E-state index in [1.807, 2.05) is 6.07 Å². The maximum Gasteiger partial charge on any atom is 0.223 e. The summed E-state index contributed by atoms with van der Waals surface area (Å²) < 4.78 is 19.2. The molecule has 3 fully saturated rings. The third-order valence-corrected chi connectivity index (χ3v) is 6.30.